The number of imidazole rings is 1. The van der Waals surface area contributed by atoms with E-state index in [0.717, 1.165) is 33.4 Å². The number of methoxy groups -OCH3 is 2. The van der Waals surface area contributed by atoms with E-state index in [0.29, 0.717) is 19.1 Å². The van der Waals surface area contributed by atoms with E-state index in [1.165, 1.54) is 5.56 Å². The summed E-state index contributed by atoms with van der Waals surface area (Å²) in [6.45, 7) is 0.915. The Balaban J connectivity index is 1.63. The summed E-state index contributed by atoms with van der Waals surface area (Å²) in [5, 5.41) is 5.67. The van der Waals surface area contributed by atoms with Crippen molar-refractivity contribution in [2.24, 2.45) is 0 Å². The smallest absolute Gasteiger partial charge is 0.243 e. The van der Waals surface area contributed by atoms with E-state index in [1.54, 1.807) is 30.5 Å². The Morgan fingerprint density at radius 1 is 0.933 bits per heavy atom. The molecule has 2 aromatic carbocycles. The largest absolute Gasteiger partial charge is 0.497 e. The highest BCUT2D eigenvalue weighted by molar-refractivity contribution is 7.98. The molecular formula is C23H23N3O3S. The van der Waals surface area contributed by atoms with Gasteiger partial charge < -0.3 is 14.2 Å². The first kappa shape index (κ1) is 20.3. The maximum absolute atomic E-state index is 6.02. The van der Waals surface area contributed by atoms with Crippen molar-refractivity contribution in [2.45, 2.75) is 10.8 Å². The number of benzene rings is 2. The van der Waals surface area contributed by atoms with Crippen LogP contribution in [-0.4, -0.2) is 42.0 Å². The van der Waals surface area contributed by atoms with Crippen molar-refractivity contribution < 1.29 is 14.2 Å². The minimum absolute atomic E-state index is 0.424. The highest BCUT2D eigenvalue weighted by Crippen LogP contribution is 2.31. The van der Waals surface area contributed by atoms with Gasteiger partial charge in [0.2, 0.25) is 5.88 Å². The number of hydrogen-bond acceptors (Lipinski definition) is 6. The minimum atomic E-state index is 0.424. The Labute approximate surface area is 179 Å². The molecule has 0 aliphatic carbocycles. The SMILES string of the molecule is COCCOc1c(-c2ccccc2)nc2ccc(SCc3cccc(OC)c3)nn12. The number of aromatic nitrogens is 3. The van der Waals surface area contributed by atoms with Crippen molar-refractivity contribution in [1.29, 1.82) is 0 Å². The number of thioether (sulfide) groups is 1. The Hall–Kier alpha value is -3.03. The van der Waals surface area contributed by atoms with Crippen LogP contribution in [0, 0.1) is 0 Å². The maximum Gasteiger partial charge on any atom is 0.243 e. The van der Waals surface area contributed by atoms with Gasteiger partial charge in [0.15, 0.2) is 5.65 Å². The van der Waals surface area contributed by atoms with Gasteiger partial charge in [-0.2, -0.15) is 9.61 Å². The molecule has 0 radical (unpaired) electrons. The first-order chi connectivity index (χ1) is 14.8. The summed E-state index contributed by atoms with van der Waals surface area (Å²) in [5.74, 6) is 2.26. The molecular weight excluding hydrogens is 398 g/mol. The third-order valence-corrected chi connectivity index (χ3v) is 5.50. The molecule has 0 saturated heterocycles. The Bertz CT molecular complexity index is 1120. The quantitative estimate of drug-likeness (QED) is 0.288. The molecule has 4 rings (SSSR count). The molecule has 0 aliphatic rings. The molecule has 0 fully saturated rings. The lowest BCUT2D eigenvalue weighted by molar-refractivity contribution is 0.142. The molecule has 30 heavy (non-hydrogen) atoms. The zero-order valence-corrected chi connectivity index (χ0v) is 17.8. The van der Waals surface area contributed by atoms with E-state index in [2.05, 4.69) is 6.07 Å². The summed E-state index contributed by atoms with van der Waals surface area (Å²) < 4.78 is 18.2. The third-order valence-electron chi connectivity index (χ3n) is 4.51. The van der Waals surface area contributed by atoms with Gasteiger partial charge in [0.05, 0.1) is 13.7 Å². The average Bonchev–Trinajstić information content (AvgIpc) is 3.16. The van der Waals surface area contributed by atoms with Gasteiger partial charge in [-0.05, 0) is 29.8 Å². The van der Waals surface area contributed by atoms with Gasteiger partial charge in [-0.3, -0.25) is 0 Å². The molecule has 0 unspecified atom stereocenters. The summed E-state index contributed by atoms with van der Waals surface area (Å²) in [5.41, 5.74) is 3.68. The molecule has 0 saturated carbocycles. The van der Waals surface area contributed by atoms with Gasteiger partial charge in [-0.1, -0.05) is 54.2 Å². The van der Waals surface area contributed by atoms with E-state index in [-0.39, 0.29) is 0 Å². The molecule has 154 valence electrons. The van der Waals surface area contributed by atoms with Crippen molar-refractivity contribution in [3.8, 4) is 22.9 Å². The van der Waals surface area contributed by atoms with Gasteiger partial charge in [0, 0.05) is 18.4 Å². The summed E-state index contributed by atoms with van der Waals surface area (Å²) in [6, 6.07) is 22.0. The number of hydrogen-bond donors (Lipinski definition) is 0. The lowest BCUT2D eigenvalue weighted by Crippen LogP contribution is -2.07. The fourth-order valence-corrected chi connectivity index (χ4v) is 3.83. The van der Waals surface area contributed by atoms with Gasteiger partial charge in [-0.25, -0.2) is 4.98 Å². The molecule has 0 bridgehead atoms. The second-order valence-electron chi connectivity index (χ2n) is 6.55. The van der Waals surface area contributed by atoms with Gasteiger partial charge in [0.1, 0.15) is 23.1 Å². The fourth-order valence-electron chi connectivity index (χ4n) is 3.03. The fraction of sp³-hybridized carbons (Fsp3) is 0.217. The Morgan fingerprint density at radius 2 is 1.80 bits per heavy atom. The van der Waals surface area contributed by atoms with Crippen LogP contribution in [0.15, 0.2) is 71.8 Å². The van der Waals surface area contributed by atoms with Crippen LogP contribution in [-0.2, 0) is 10.5 Å². The molecule has 0 N–H and O–H groups in total. The molecule has 7 heteroatoms. The predicted molar refractivity (Wildman–Crippen MR) is 118 cm³/mol. The van der Waals surface area contributed by atoms with Gasteiger partial charge in [0.25, 0.3) is 0 Å². The summed E-state index contributed by atoms with van der Waals surface area (Å²) in [4.78, 5) is 4.75. The molecule has 4 aromatic rings. The summed E-state index contributed by atoms with van der Waals surface area (Å²) >= 11 is 1.65. The molecule has 2 aromatic heterocycles. The second kappa shape index (κ2) is 9.65. The zero-order chi connectivity index (χ0) is 20.8. The van der Waals surface area contributed by atoms with E-state index in [1.807, 2.05) is 60.7 Å². The first-order valence-electron chi connectivity index (χ1n) is 9.61. The normalized spacial score (nSPS) is 11.0. The van der Waals surface area contributed by atoms with Gasteiger partial charge >= 0.3 is 0 Å². The average molecular weight is 422 g/mol. The molecule has 0 aliphatic heterocycles. The van der Waals surface area contributed by atoms with Crippen LogP contribution in [0.3, 0.4) is 0 Å². The zero-order valence-electron chi connectivity index (χ0n) is 16.9. The van der Waals surface area contributed by atoms with E-state index in [4.69, 9.17) is 24.3 Å². The van der Waals surface area contributed by atoms with Crippen LogP contribution >= 0.6 is 11.8 Å². The van der Waals surface area contributed by atoms with E-state index < -0.39 is 0 Å². The topological polar surface area (TPSA) is 57.9 Å². The lowest BCUT2D eigenvalue weighted by atomic mass is 10.2. The van der Waals surface area contributed by atoms with Crippen molar-refractivity contribution in [1.82, 2.24) is 14.6 Å². The molecule has 0 spiro atoms. The number of fused-ring (bicyclic) bond motifs is 1. The van der Waals surface area contributed by atoms with Crippen LogP contribution in [0.1, 0.15) is 5.56 Å². The summed E-state index contributed by atoms with van der Waals surface area (Å²) in [7, 11) is 3.33. The van der Waals surface area contributed by atoms with Crippen LogP contribution in [0.5, 0.6) is 11.6 Å². The van der Waals surface area contributed by atoms with Gasteiger partial charge in [-0.15, -0.1) is 0 Å². The highest BCUT2D eigenvalue weighted by atomic mass is 32.2. The summed E-state index contributed by atoms with van der Waals surface area (Å²) in [6.07, 6.45) is 0. The van der Waals surface area contributed by atoms with Crippen LogP contribution in [0.4, 0.5) is 0 Å². The molecule has 6 nitrogen and oxygen atoms in total. The van der Waals surface area contributed by atoms with Crippen molar-refractivity contribution >= 4 is 17.4 Å². The second-order valence-corrected chi connectivity index (χ2v) is 7.55. The monoisotopic (exact) mass is 421 g/mol. The van der Waals surface area contributed by atoms with Crippen LogP contribution in [0.25, 0.3) is 16.9 Å². The molecule has 0 atom stereocenters. The Kier molecular flexibility index (Phi) is 6.51. The molecule has 2 heterocycles. The van der Waals surface area contributed by atoms with Crippen LogP contribution in [0.2, 0.25) is 0 Å². The van der Waals surface area contributed by atoms with E-state index in [9.17, 15) is 0 Å². The lowest BCUT2D eigenvalue weighted by Gasteiger charge is -2.08. The highest BCUT2D eigenvalue weighted by Gasteiger charge is 2.17. The van der Waals surface area contributed by atoms with Crippen molar-refractivity contribution in [3.63, 3.8) is 0 Å². The number of rotatable bonds is 9. The standard InChI is InChI=1S/C23H23N3O3S/c1-27-13-14-29-23-22(18-8-4-3-5-9-18)24-20-11-12-21(25-26(20)23)30-16-17-7-6-10-19(15-17)28-2/h3-12,15H,13-14,16H2,1-2H3. The van der Waals surface area contributed by atoms with Crippen LogP contribution < -0.4 is 9.47 Å². The molecule has 0 amide bonds. The predicted octanol–water partition coefficient (Wildman–Crippen LogP) is 4.72. The number of ether oxygens (including phenoxy) is 3. The maximum atomic E-state index is 6.02. The van der Waals surface area contributed by atoms with Crippen molar-refractivity contribution in [3.05, 3.63) is 72.3 Å². The third kappa shape index (κ3) is 4.58. The van der Waals surface area contributed by atoms with E-state index >= 15 is 0 Å². The Morgan fingerprint density at radius 3 is 2.60 bits per heavy atom. The minimum Gasteiger partial charge on any atom is -0.497 e. The first-order valence-corrected chi connectivity index (χ1v) is 10.6. The van der Waals surface area contributed by atoms with Crippen molar-refractivity contribution in [2.75, 3.05) is 27.4 Å². The number of nitrogens with zero attached hydrogens (tertiary/aromatic N) is 3.